The van der Waals surface area contributed by atoms with Gasteiger partial charge in [0, 0.05) is 23.0 Å². The van der Waals surface area contributed by atoms with E-state index in [0.717, 1.165) is 22.8 Å². The lowest BCUT2D eigenvalue weighted by molar-refractivity contribution is 0.939. The van der Waals surface area contributed by atoms with Gasteiger partial charge in [-0.3, -0.25) is 0 Å². The van der Waals surface area contributed by atoms with Crippen LogP contribution in [0.5, 0.6) is 0 Å². The standard InChI is InChI=1S/C21H21N5/c1-13-8-10-17(11-9-13)20-24-21-22-15(3)12-19(26(21)25-20)23-18-7-5-6-14(2)16(18)4/h5-12,23H,1-4H3. The summed E-state index contributed by atoms with van der Waals surface area (Å²) in [6.45, 7) is 8.26. The summed E-state index contributed by atoms with van der Waals surface area (Å²) in [4.78, 5) is 9.15. The Kier molecular flexibility index (Phi) is 3.92. The third-order valence-electron chi connectivity index (χ3n) is 4.62. The lowest BCUT2D eigenvalue weighted by Gasteiger charge is -2.12. The van der Waals surface area contributed by atoms with Gasteiger partial charge in [0.1, 0.15) is 5.82 Å². The summed E-state index contributed by atoms with van der Waals surface area (Å²) in [5.41, 5.74) is 6.61. The van der Waals surface area contributed by atoms with Crippen LogP contribution in [-0.4, -0.2) is 19.6 Å². The molecular formula is C21H21N5. The van der Waals surface area contributed by atoms with Crippen LogP contribution in [0.15, 0.2) is 48.5 Å². The lowest BCUT2D eigenvalue weighted by atomic mass is 10.1. The molecule has 5 nitrogen and oxygen atoms in total. The molecule has 2 aromatic heterocycles. The predicted molar refractivity (Wildman–Crippen MR) is 105 cm³/mol. The van der Waals surface area contributed by atoms with Crippen molar-refractivity contribution in [3.05, 3.63) is 70.9 Å². The highest BCUT2D eigenvalue weighted by Crippen LogP contribution is 2.24. The second kappa shape index (κ2) is 6.26. The van der Waals surface area contributed by atoms with Crippen LogP contribution in [0.25, 0.3) is 17.2 Å². The third kappa shape index (κ3) is 2.92. The smallest absolute Gasteiger partial charge is 0.254 e. The molecule has 0 spiro atoms. The second-order valence-electron chi connectivity index (χ2n) is 6.67. The number of hydrogen-bond acceptors (Lipinski definition) is 4. The SMILES string of the molecule is Cc1ccc(-c2nc3nc(C)cc(Nc4cccc(C)c4C)n3n2)cc1. The minimum absolute atomic E-state index is 0.591. The molecule has 0 saturated carbocycles. The van der Waals surface area contributed by atoms with Crippen LogP contribution in [-0.2, 0) is 0 Å². The highest BCUT2D eigenvalue weighted by atomic mass is 15.4. The molecule has 0 aliphatic rings. The summed E-state index contributed by atoms with van der Waals surface area (Å²) in [6, 6.07) is 16.4. The van der Waals surface area contributed by atoms with Gasteiger partial charge in [0.25, 0.3) is 5.78 Å². The molecular weight excluding hydrogens is 322 g/mol. The monoisotopic (exact) mass is 343 g/mol. The highest BCUT2D eigenvalue weighted by Gasteiger charge is 2.12. The minimum atomic E-state index is 0.591. The van der Waals surface area contributed by atoms with Crippen LogP contribution in [0.1, 0.15) is 22.4 Å². The van der Waals surface area contributed by atoms with Crippen molar-refractivity contribution < 1.29 is 0 Å². The van der Waals surface area contributed by atoms with Gasteiger partial charge in [-0.2, -0.15) is 9.50 Å². The molecule has 0 aliphatic carbocycles. The average molecular weight is 343 g/mol. The van der Waals surface area contributed by atoms with Crippen molar-refractivity contribution in [2.24, 2.45) is 0 Å². The topological polar surface area (TPSA) is 55.1 Å². The molecule has 5 heteroatoms. The Bertz CT molecular complexity index is 1090. The van der Waals surface area contributed by atoms with Gasteiger partial charge in [-0.05, 0) is 44.9 Å². The molecule has 0 saturated heterocycles. The van der Waals surface area contributed by atoms with E-state index in [4.69, 9.17) is 0 Å². The largest absolute Gasteiger partial charge is 0.340 e. The van der Waals surface area contributed by atoms with E-state index in [1.807, 2.05) is 25.1 Å². The van der Waals surface area contributed by atoms with Crippen molar-refractivity contribution in [3.8, 4) is 11.4 Å². The van der Waals surface area contributed by atoms with Crippen molar-refractivity contribution in [2.75, 3.05) is 5.32 Å². The molecule has 0 atom stereocenters. The zero-order valence-corrected chi connectivity index (χ0v) is 15.4. The van der Waals surface area contributed by atoms with Crippen molar-refractivity contribution in [1.29, 1.82) is 0 Å². The Labute approximate surface area is 152 Å². The maximum atomic E-state index is 4.68. The van der Waals surface area contributed by atoms with Gasteiger partial charge in [-0.1, -0.05) is 42.0 Å². The van der Waals surface area contributed by atoms with Crippen molar-refractivity contribution >= 4 is 17.3 Å². The number of rotatable bonds is 3. The van der Waals surface area contributed by atoms with Gasteiger partial charge in [0.2, 0.25) is 0 Å². The summed E-state index contributed by atoms with van der Waals surface area (Å²) in [5.74, 6) is 2.12. The molecule has 0 radical (unpaired) electrons. The predicted octanol–water partition coefficient (Wildman–Crippen LogP) is 4.77. The normalized spacial score (nSPS) is 11.1. The number of nitrogens with zero attached hydrogens (tertiary/aromatic N) is 4. The molecule has 0 amide bonds. The van der Waals surface area contributed by atoms with E-state index in [1.54, 1.807) is 4.52 Å². The number of aryl methyl sites for hydroxylation is 3. The van der Waals surface area contributed by atoms with Gasteiger partial charge in [-0.15, -0.1) is 5.10 Å². The van der Waals surface area contributed by atoms with E-state index in [2.05, 4.69) is 71.5 Å². The van der Waals surface area contributed by atoms with Crippen molar-refractivity contribution in [1.82, 2.24) is 19.6 Å². The molecule has 0 bridgehead atoms. The van der Waals surface area contributed by atoms with E-state index in [0.29, 0.717) is 11.6 Å². The first-order chi connectivity index (χ1) is 12.5. The number of benzene rings is 2. The molecule has 1 N–H and O–H groups in total. The summed E-state index contributed by atoms with van der Waals surface area (Å²) < 4.78 is 1.77. The summed E-state index contributed by atoms with van der Waals surface area (Å²) in [7, 11) is 0. The van der Waals surface area contributed by atoms with Crippen LogP contribution >= 0.6 is 0 Å². The molecule has 0 unspecified atom stereocenters. The van der Waals surface area contributed by atoms with Gasteiger partial charge in [-0.25, -0.2) is 4.98 Å². The van der Waals surface area contributed by atoms with Crippen molar-refractivity contribution in [2.45, 2.75) is 27.7 Å². The van der Waals surface area contributed by atoms with Crippen LogP contribution < -0.4 is 5.32 Å². The summed E-state index contributed by atoms with van der Waals surface area (Å²) in [5, 5.41) is 8.17. The van der Waals surface area contributed by atoms with Crippen LogP contribution in [0, 0.1) is 27.7 Å². The Morgan fingerprint density at radius 2 is 1.65 bits per heavy atom. The molecule has 4 aromatic rings. The third-order valence-corrected chi connectivity index (χ3v) is 4.62. The first-order valence-corrected chi connectivity index (χ1v) is 8.66. The maximum Gasteiger partial charge on any atom is 0.254 e. The number of nitrogens with one attached hydrogen (secondary N) is 1. The Balaban J connectivity index is 1.82. The fourth-order valence-electron chi connectivity index (χ4n) is 2.93. The zero-order valence-electron chi connectivity index (χ0n) is 15.4. The molecule has 4 rings (SSSR count). The van der Waals surface area contributed by atoms with Gasteiger partial charge in [0.15, 0.2) is 5.82 Å². The summed E-state index contributed by atoms with van der Waals surface area (Å²) >= 11 is 0. The average Bonchev–Trinajstić information content (AvgIpc) is 3.03. The van der Waals surface area contributed by atoms with E-state index < -0.39 is 0 Å². The highest BCUT2D eigenvalue weighted by molar-refractivity contribution is 5.65. The van der Waals surface area contributed by atoms with Crippen LogP contribution in [0.3, 0.4) is 0 Å². The molecule has 0 aliphatic heterocycles. The van der Waals surface area contributed by atoms with Gasteiger partial charge < -0.3 is 5.32 Å². The molecule has 2 heterocycles. The molecule has 0 fully saturated rings. The number of fused-ring (bicyclic) bond motifs is 1. The lowest BCUT2D eigenvalue weighted by Crippen LogP contribution is -2.04. The van der Waals surface area contributed by atoms with Crippen LogP contribution in [0.4, 0.5) is 11.5 Å². The number of anilines is 2. The molecule has 130 valence electrons. The number of aromatic nitrogens is 4. The van der Waals surface area contributed by atoms with Gasteiger partial charge >= 0.3 is 0 Å². The molecule has 2 aromatic carbocycles. The Morgan fingerprint density at radius 3 is 2.42 bits per heavy atom. The Morgan fingerprint density at radius 1 is 0.885 bits per heavy atom. The fraction of sp³-hybridized carbons (Fsp3) is 0.190. The van der Waals surface area contributed by atoms with Crippen LogP contribution in [0.2, 0.25) is 0 Å². The van der Waals surface area contributed by atoms with E-state index in [-0.39, 0.29) is 0 Å². The number of hydrogen-bond donors (Lipinski definition) is 1. The first kappa shape index (κ1) is 16.3. The fourth-order valence-corrected chi connectivity index (χ4v) is 2.93. The zero-order chi connectivity index (χ0) is 18.3. The van der Waals surface area contributed by atoms with Gasteiger partial charge in [0.05, 0.1) is 0 Å². The molecule has 26 heavy (non-hydrogen) atoms. The summed E-state index contributed by atoms with van der Waals surface area (Å²) in [6.07, 6.45) is 0. The quantitative estimate of drug-likeness (QED) is 0.582. The minimum Gasteiger partial charge on any atom is -0.340 e. The van der Waals surface area contributed by atoms with Crippen molar-refractivity contribution in [3.63, 3.8) is 0 Å². The Hall–Kier alpha value is -3.21. The van der Waals surface area contributed by atoms with E-state index in [9.17, 15) is 0 Å². The van der Waals surface area contributed by atoms with E-state index in [1.165, 1.54) is 16.7 Å². The van der Waals surface area contributed by atoms with E-state index >= 15 is 0 Å². The first-order valence-electron chi connectivity index (χ1n) is 8.66. The maximum absolute atomic E-state index is 4.68. The second-order valence-corrected chi connectivity index (χ2v) is 6.67.